The van der Waals surface area contributed by atoms with Gasteiger partial charge in [0.25, 0.3) is 0 Å². The van der Waals surface area contributed by atoms with Crippen molar-refractivity contribution < 1.29 is 32.7 Å². The minimum Gasteiger partial charge on any atom is -0.342 e. The Bertz CT molecular complexity index is 250. The predicted octanol–water partition coefficient (Wildman–Crippen LogP) is 2.26. The molecule has 0 fully saturated rings. The Kier molecular flexibility index (Phi) is 6.19. The van der Waals surface area contributed by atoms with E-state index in [2.05, 4.69) is 51.1 Å². The molecule has 0 saturated heterocycles. The van der Waals surface area contributed by atoms with Crippen LogP contribution in [0.15, 0.2) is 16.8 Å². The normalized spacial score (nSPS) is 16.6. The molecule has 1 N–H and O–H groups in total. The minimum absolute atomic E-state index is 0. The Morgan fingerprint density at radius 2 is 2.00 bits per heavy atom. The van der Waals surface area contributed by atoms with E-state index < -0.39 is 0 Å². The summed E-state index contributed by atoms with van der Waals surface area (Å²) < 4.78 is 0. The van der Waals surface area contributed by atoms with E-state index in [0.717, 1.165) is 6.54 Å². The fraction of sp³-hybridized carbons (Fsp3) is 0.636. The zero-order valence-corrected chi connectivity index (χ0v) is 12.6. The van der Waals surface area contributed by atoms with Gasteiger partial charge in [0.15, 0.2) is 0 Å². The third-order valence-electron chi connectivity index (χ3n) is 2.08. The SMILES string of the molecule is CC1=[C-]C(=C(C)C)N(C(C)C)NC1.[Y]. The molecular weight excluding hydrogens is 249 g/mol. The van der Waals surface area contributed by atoms with E-state index in [9.17, 15) is 0 Å². The molecule has 1 radical (unpaired) electrons. The molecule has 0 saturated carbocycles. The third kappa shape index (κ3) is 3.49. The first-order chi connectivity index (χ1) is 6.02. The van der Waals surface area contributed by atoms with Crippen molar-refractivity contribution in [3.63, 3.8) is 0 Å². The van der Waals surface area contributed by atoms with Crippen LogP contribution in [0.3, 0.4) is 0 Å². The van der Waals surface area contributed by atoms with Crippen LogP contribution in [-0.2, 0) is 32.7 Å². The van der Waals surface area contributed by atoms with Gasteiger partial charge in [0.1, 0.15) is 0 Å². The molecule has 0 amide bonds. The van der Waals surface area contributed by atoms with Gasteiger partial charge in [-0.05, 0) is 13.8 Å². The van der Waals surface area contributed by atoms with E-state index in [1.165, 1.54) is 16.8 Å². The molecule has 0 aromatic heterocycles. The van der Waals surface area contributed by atoms with E-state index in [-0.39, 0.29) is 32.7 Å². The van der Waals surface area contributed by atoms with Gasteiger partial charge in [0.05, 0.1) is 0 Å². The molecule has 0 aromatic rings. The summed E-state index contributed by atoms with van der Waals surface area (Å²) >= 11 is 0. The summed E-state index contributed by atoms with van der Waals surface area (Å²) in [6.07, 6.45) is 3.41. The maximum atomic E-state index is 3.41. The molecule has 0 unspecified atom stereocenters. The van der Waals surface area contributed by atoms with Crippen molar-refractivity contribution in [2.24, 2.45) is 0 Å². The molecule has 3 heteroatoms. The molecule has 0 atom stereocenters. The van der Waals surface area contributed by atoms with Gasteiger partial charge in [-0.2, -0.15) is 5.57 Å². The van der Waals surface area contributed by atoms with Crippen LogP contribution in [0.5, 0.6) is 0 Å². The Morgan fingerprint density at radius 1 is 1.43 bits per heavy atom. The molecule has 1 rings (SSSR count). The van der Waals surface area contributed by atoms with Gasteiger partial charge in [-0.25, -0.2) is 11.5 Å². The second-order valence-electron chi connectivity index (χ2n) is 4.05. The third-order valence-corrected chi connectivity index (χ3v) is 2.08. The van der Waals surface area contributed by atoms with E-state index >= 15 is 0 Å². The second kappa shape index (κ2) is 6.04. The van der Waals surface area contributed by atoms with Gasteiger partial charge in [-0.3, -0.25) is 0 Å². The average Bonchev–Trinajstić information content (AvgIpc) is 2.03. The predicted molar refractivity (Wildman–Crippen MR) is 55.8 cm³/mol. The fourth-order valence-corrected chi connectivity index (χ4v) is 1.40. The molecule has 77 valence electrons. The van der Waals surface area contributed by atoms with E-state index in [4.69, 9.17) is 0 Å². The molecule has 0 bridgehead atoms. The van der Waals surface area contributed by atoms with E-state index in [0.29, 0.717) is 6.04 Å². The van der Waals surface area contributed by atoms with Crippen molar-refractivity contribution in [3.8, 4) is 0 Å². The van der Waals surface area contributed by atoms with E-state index in [1.807, 2.05) is 0 Å². The number of rotatable bonds is 1. The minimum atomic E-state index is 0. The van der Waals surface area contributed by atoms with Crippen molar-refractivity contribution in [1.82, 2.24) is 10.4 Å². The van der Waals surface area contributed by atoms with Gasteiger partial charge in [0.2, 0.25) is 0 Å². The first kappa shape index (κ1) is 14.3. The van der Waals surface area contributed by atoms with Gasteiger partial charge in [0, 0.05) is 45.3 Å². The molecular formula is C11H19N2Y-. The number of hydrazine groups is 1. The van der Waals surface area contributed by atoms with Crippen LogP contribution in [0, 0.1) is 6.08 Å². The molecule has 2 nitrogen and oxygen atoms in total. The first-order valence-corrected chi connectivity index (χ1v) is 4.82. The molecule has 1 aliphatic heterocycles. The number of nitrogens with zero attached hydrogens (tertiary/aromatic N) is 1. The summed E-state index contributed by atoms with van der Waals surface area (Å²) in [5.74, 6) is 0. The summed E-state index contributed by atoms with van der Waals surface area (Å²) in [6, 6.07) is 0.477. The Balaban J connectivity index is 0.00000169. The van der Waals surface area contributed by atoms with Crippen LogP contribution in [0.1, 0.15) is 34.6 Å². The van der Waals surface area contributed by atoms with Crippen molar-refractivity contribution in [2.45, 2.75) is 40.7 Å². The van der Waals surface area contributed by atoms with Gasteiger partial charge in [-0.15, -0.1) is 25.1 Å². The van der Waals surface area contributed by atoms with Crippen LogP contribution in [0.2, 0.25) is 0 Å². The summed E-state index contributed by atoms with van der Waals surface area (Å²) in [5, 5.41) is 2.18. The quantitative estimate of drug-likeness (QED) is 0.734. The van der Waals surface area contributed by atoms with Crippen LogP contribution >= 0.6 is 0 Å². The molecule has 14 heavy (non-hydrogen) atoms. The maximum Gasteiger partial charge on any atom is 0.0363 e. The van der Waals surface area contributed by atoms with Crippen LogP contribution in [0.25, 0.3) is 0 Å². The molecule has 0 spiro atoms. The van der Waals surface area contributed by atoms with Gasteiger partial charge < -0.3 is 5.01 Å². The largest absolute Gasteiger partial charge is 0.342 e. The topological polar surface area (TPSA) is 15.3 Å². The smallest absolute Gasteiger partial charge is 0.0363 e. The molecule has 0 aromatic carbocycles. The van der Waals surface area contributed by atoms with Crippen molar-refractivity contribution in [1.29, 1.82) is 0 Å². The summed E-state index contributed by atoms with van der Waals surface area (Å²) in [5.41, 5.74) is 7.15. The first-order valence-electron chi connectivity index (χ1n) is 4.82. The van der Waals surface area contributed by atoms with Gasteiger partial charge in [-0.1, -0.05) is 6.92 Å². The second-order valence-corrected chi connectivity index (χ2v) is 4.05. The Hall–Kier alpha value is 0.344. The molecule has 1 aliphatic rings. The van der Waals surface area contributed by atoms with Crippen LogP contribution < -0.4 is 5.43 Å². The molecule has 0 aliphatic carbocycles. The molecule has 1 heterocycles. The van der Waals surface area contributed by atoms with Crippen molar-refractivity contribution in [3.05, 3.63) is 22.9 Å². The van der Waals surface area contributed by atoms with Crippen LogP contribution in [0.4, 0.5) is 0 Å². The zero-order valence-electron chi connectivity index (χ0n) is 9.81. The standard InChI is InChI=1S/C11H19N2.Y/c1-8(2)11-6-10(5)7-12-13(11)9(3)4;/h9,12H,7H2,1-5H3;/q-1;. The van der Waals surface area contributed by atoms with Crippen molar-refractivity contribution in [2.75, 3.05) is 6.54 Å². The van der Waals surface area contributed by atoms with E-state index in [1.54, 1.807) is 0 Å². The van der Waals surface area contributed by atoms with Gasteiger partial charge >= 0.3 is 0 Å². The number of nitrogens with one attached hydrogen (secondary N) is 1. The summed E-state index contributed by atoms with van der Waals surface area (Å²) in [7, 11) is 0. The Labute approximate surface area is 113 Å². The Morgan fingerprint density at radius 3 is 2.43 bits per heavy atom. The van der Waals surface area contributed by atoms with Crippen LogP contribution in [-0.4, -0.2) is 17.6 Å². The number of hydrogen-bond donors (Lipinski definition) is 1. The monoisotopic (exact) mass is 268 g/mol. The maximum absolute atomic E-state index is 3.41. The fourth-order valence-electron chi connectivity index (χ4n) is 1.40. The number of hydrogen-bond acceptors (Lipinski definition) is 2. The summed E-state index contributed by atoms with van der Waals surface area (Å²) in [4.78, 5) is 0. The van der Waals surface area contributed by atoms with Crippen molar-refractivity contribution >= 4 is 0 Å². The zero-order chi connectivity index (χ0) is 10.0. The number of allylic oxidation sites excluding steroid dienone is 2. The average molecular weight is 268 g/mol. The summed E-state index contributed by atoms with van der Waals surface area (Å²) in [6.45, 7) is 11.6.